The normalized spacial score (nSPS) is 15.9. The first-order chi connectivity index (χ1) is 13.1. The fourth-order valence-corrected chi connectivity index (χ4v) is 4.19. The fourth-order valence-electron chi connectivity index (χ4n) is 3.24. The maximum Gasteiger partial charge on any atom is 0.194 e. The molecule has 0 saturated carbocycles. The molecule has 0 aromatic heterocycles. The van der Waals surface area contributed by atoms with Crippen LogP contribution in [0.4, 0.5) is 5.69 Å². The van der Waals surface area contributed by atoms with Gasteiger partial charge in [0.15, 0.2) is 15.8 Å². The van der Waals surface area contributed by atoms with Crippen LogP contribution in [0.2, 0.25) is 0 Å². The summed E-state index contributed by atoms with van der Waals surface area (Å²) < 4.78 is 23.9. The first kappa shape index (κ1) is 26.0. The molecule has 1 aliphatic heterocycles. The Balaban J connectivity index is 0.00000420. The highest BCUT2D eigenvalue weighted by atomic mass is 127. The maximum atomic E-state index is 12.3. The number of aryl methyl sites for hydroxylation is 1. The number of nitrogens with one attached hydrogen (secondary N) is 1. The van der Waals surface area contributed by atoms with Crippen molar-refractivity contribution in [3.63, 3.8) is 0 Å². The third-order valence-electron chi connectivity index (χ3n) is 5.39. The molecular formula is C21H37IN4O2S. The molecule has 1 heterocycles. The average Bonchev–Trinajstić information content (AvgIpc) is 2.62. The molecule has 0 unspecified atom stereocenters. The number of aliphatic imine (C=N–C) groups is 1. The minimum absolute atomic E-state index is 0. The molecule has 29 heavy (non-hydrogen) atoms. The van der Waals surface area contributed by atoms with Crippen molar-refractivity contribution < 1.29 is 8.42 Å². The molecule has 2 rings (SSSR count). The number of sulfone groups is 1. The van der Waals surface area contributed by atoms with E-state index >= 15 is 0 Å². The first-order valence-corrected chi connectivity index (χ1v) is 11.8. The molecule has 8 heteroatoms. The third-order valence-corrected chi connectivity index (χ3v) is 7.97. The SMILES string of the molecule is CCNC(=NCCS(=O)(=O)C(C)(C)C)N1CCN(c2cccc(C)c2C)CC1.I. The highest BCUT2D eigenvalue weighted by Crippen LogP contribution is 2.24. The number of hydrogen-bond donors (Lipinski definition) is 1. The van der Waals surface area contributed by atoms with Gasteiger partial charge in [0, 0.05) is 38.4 Å². The lowest BCUT2D eigenvalue weighted by molar-refractivity contribution is 0.372. The van der Waals surface area contributed by atoms with Crippen LogP contribution in [-0.2, 0) is 9.84 Å². The standard InChI is InChI=1S/C21H36N4O2S.HI/c1-7-22-20(23-11-16-28(26,27)21(4,5)6)25-14-12-24(13-15-25)19-10-8-9-17(2)18(19)3;/h8-10H,7,11-16H2,1-6H3,(H,22,23);1H. The van der Waals surface area contributed by atoms with E-state index in [2.05, 4.69) is 52.2 Å². The summed E-state index contributed by atoms with van der Waals surface area (Å²) in [5.74, 6) is 0.889. The summed E-state index contributed by atoms with van der Waals surface area (Å²) in [5, 5.41) is 3.32. The Morgan fingerprint density at radius 3 is 2.31 bits per heavy atom. The van der Waals surface area contributed by atoms with Crippen LogP contribution in [0.25, 0.3) is 0 Å². The van der Waals surface area contributed by atoms with Gasteiger partial charge in [0.05, 0.1) is 17.0 Å². The van der Waals surface area contributed by atoms with E-state index in [0.717, 1.165) is 38.7 Å². The molecule has 1 N–H and O–H groups in total. The molecule has 0 aliphatic carbocycles. The van der Waals surface area contributed by atoms with Crippen molar-refractivity contribution in [3.05, 3.63) is 29.3 Å². The summed E-state index contributed by atoms with van der Waals surface area (Å²) in [5.41, 5.74) is 3.96. The summed E-state index contributed by atoms with van der Waals surface area (Å²) in [6, 6.07) is 6.45. The summed E-state index contributed by atoms with van der Waals surface area (Å²) in [6.07, 6.45) is 0. The lowest BCUT2D eigenvalue weighted by Crippen LogP contribution is -2.52. The summed E-state index contributed by atoms with van der Waals surface area (Å²) in [4.78, 5) is 9.25. The molecule has 1 aliphatic rings. The molecule has 0 spiro atoms. The lowest BCUT2D eigenvalue weighted by atomic mass is 10.1. The Morgan fingerprint density at radius 2 is 1.76 bits per heavy atom. The zero-order valence-corrected chi connectivity index (χ0v) is 21.8. The second kappa shape index (κ2) is 10.8. The number of halogens is 1. The molecule has 1 aromatic carbocycles. The van der Waals surface area contributed by atoms with Crippen LogP contribution >= 0.6 is 24.0 Å². The van der Waals surface area contributed by atoms with Gasteiger partial charge in [-0.15, -0.1) is 24.0 Å². The molecule has 0 bridgehead atoms. The number of guanidine groups is 1. The predicted octanol–water partition coefficient (Wildman–Crippen LogP) is 3.22. The fraction of sp³-hybridized carbons (Fsp3) is 0.667. The van der Waals surface area contributed by atoms with E-state index in [1.807, 2.05) is 6.92 Å². The topological polar surface area (TPSA) is 65.0 Å². The van der Waals surface area contributed by atoms with Gasteiger partial charge in [-0.05, 0) is 58.7 Å². The number of piperazine rings is 1. The largest absolute Gasteiger partial charge is 0.368 e. The van der Waals surface area contributed by atoms with Gasteiger partial charge in [-0.3, -0.25) is 4.99 Å². The molecule has 0 atom stereocenters. The second-order valence-electron chi connectivity index (χ2n) is 8.36. The Labute approximate surface area is 194 Å². The van der Waals surface area contributed by atoms with E-state index < -0.39 is 14.6 Å². The number of benzene rings is 1. The van der Waals surface area contributed by atoms with Gasteiger partial charge < -0.3 is 15.1 Å². The average molecular weight is 537 g/mol. The van der Waals surface area contributed by atoms with Gasteiger partial charge in [-0.2, -0.15) is 0 Å². The molecule has 0 radical (unpaired) electrons. The quantitative estimate of drug-likeness (QED) is 0.356. The highest BCUT2D eigenvalue weighted by molar-refractivity contribution is 14.0. The summed E-state index contributed by atoms with van der Waals surface area (Å²) >= 11 is 0. The van der Waals surface area contributed by atoms with Crippen LogP contribution in [-0.4, -0.2) is 69.0 Å². The Hall–Kier alpha value is -1.03. The van der Waals surface area contributed by atoms with Gasteiger partial charge in [0.2, 0.25) is 0 Å². The van der Waals surface area contributed by atoms with Crippen LogP contribution in [0.5, 0.6) is 0 Å². The number of nitrogens with zero attached hydrogens (tertiary/aromatic N) is 3. The van der Waals surface area contributed by atoms with Crippen LogP contribution in [0, 0.1) is 13.8 Å². The minimum atomic E-state index is -3.15. The van der Waals surface area contributed by atoms with Crippen molar-refractivity contribution in [2.24, 2.45) is 4.99 Å². The molecule has 166 valence electrons. The van der Waals surface area contributed by atoms with E-state index in [4.69, 9.17) is 0 Å². The molecule has 1 saturated heterocycles. The van der Waals surface area contributed by atoms with Crippen LogP contribution in [0.3, 0.4) is 0 Å². The van der Waals surface area contributed by atoms with E-state index in [-0.39, 0.29) is 29.7 Å². The van der Waals surface area contributed by atoms with Crippen molar-refractivity contribution in [3.8, 4) is 0 Å². The van der Waals surface area contributed by atoms with Crippen LogP contribution in [0.15, 0.2) is 23.2 Å². The monoisotopic (exact) mass is 536 g/mol. The van der Waals surface area contributed by atoms with E-state index in [9.17, 15) is 8.42 Å². The Morgan fingerprint density at radius 1 is 1.14 bits per heavy atom. The van der Waals surface area contributed by atoms with Crippen molar-refractivity contribution in [1.29, 1.82) is 0 Å². The molecule has 1 aromatic rings. The van der Waals surface area contributed by atoms with Gasteiger partial charge in [0.25, 0.3) is 0 Å². The lowest BCUT2D eigenvalue weighted by Gasteiger charge is -2.38. The summed E-state index contributed by atoms with van der Waals surface area (Å²) in [7, 11) is -3.15. The third kappa shape index (κ3) is 6.73. The number of hydrogen-bond acceptors (Lipinski definition) is 4. The minimum Gasteiger partial charge on any atom is -0.368 e. The molecule has 6 nitrogen and oxygen atoms in total. The Bertz CT molecular complexity index is 795. The maximum absolute atomic E-state index is 12.3. The highest BCUT2D eigenvalue weighted by Gasteiger charge is 2.28. The van der Waals surface area contributed by atoms with Crippen molar-refractivity contribution in [1.82, 2.24) is 10.2 Å². The van der Waals surface area contributed by atoms with Crippen LogP contribution in [0.1, 0.15) is 38.8 Å². The van der Waals surface area contributed by atoms with Gasteiger partial charge >= 0.3 is 0 Å². The first-order valence-electron chi connectivity index (χ1n) is 10.1. The van der Waals surface area contributed by atoms with Crippen molar-refractivity contribution in [2.45, 2.75) is 46.3 Å². The van der Waals surface area contributed by atoms with Gasteiger partial charge in [0.1, 0.15) is 0 Å². The van der Waals surface area contributed by atoms with Crippen molar-refractivity contribution >= 4 is 45.5 Å². The zero-order valence-electron chi connectivity index (χ0n) is 18.7. The van der Waals surface area contributed by atoms with Gasteiger partial charge in [-0.1, -0.05) is 12.1 Å². The number of rotatable bonds is 5. The molecule has 0 amide bonds. The van der Waals surface area contributed by atoms with Gasteiger partial charge in [-0.25, -0.2) is 8.42 Å². The van der Waals surface area contributed by atoms with Crippen molar-refractivity contribution in [2.75, 3.05) is 49.9 Å². The molecule has 1 fully saturated rings. The smallest absolute Gasteiger partial charge is 0.194 e. The molecular weight excluding hydrogens is 499 g/mol. The van der Waals surface area contributed by atoms with E-state index in [1.165, 1.54) is 16.8 Å². The second-order valence-corrected chi connectivity index (χ2v) is 11.2. The van der Waals surface area contributed by atoms with Crippen LogP contribution < -0.4 is 10.2 Å². The van der Waals surface area contributed by atoms with E-state index in [1.54, 1.807) is 20.8 Å². The van der Waals surface area contributed by atoms with E-state index in [0.29, 0.717) is 6.54 Å². The Kier molecular flexibility index (Phi) is 9.72. The zero-order chi connectivity index (χ0) is 20.9. The number of anilines is 1. The predicted molar refractivity (Wildman–Crippen MR) is 135 cm³/mol. The summed E-state index contributed by atoms with van der Waals surface area (Å²) in [6.45, 7) is 16.2.